The molecule has 0 aliphatic heterocycles. The molecule has 0 unspecified atom stereocenters. The number of aliphatic hydroxyl groups excluding tert-OH is 1. The lowest BCUT2D eigenvalue weighted by Gasteiger charge is -2.63. The summed E-state index contributed by atoms with van der Waals surface area (Å²) < 4.78 is 56.1. The van der Waals surface area contributed by atoms with Crippen molar-refractivity contribution in [1.82, 2.24) is 0 Å². The van der Waals surface area contributed by atoms with Crippen LogP contribution in [-0.2, 0) is 23.9 Å². The van der Waals surface area contributed by atoms with Gasteiger partial charge < -0.3 is 23.7 Å². The molecule has 9 atom stereocenters. The zero-order valence-electron chi connectivity index (χ0n) is 26.4. The number of carbonyl (C=O) groups excluding carboxylic acids is 4. The molecule has 1 N–H and O–H groups in total. The molecule has 11 heteroatoms. The minimum absolute atomic E-state index is 0.0164. The molecule has 4 aliphatic rings. The summed E-state index contributed by atoms with van der Waals surface area (Å²) in [6, 6.07) is 6.65. The van der Waals surface area contributed by atoms with Crippen molar-refractivity contribution in [3.05, 3.63) is 53.8 Å². The van der Waals surface area contributed by atoms with E-state index in [2.05, 4.69) is 0 Å². The number of hydrogen-bond donors (Lipinski definition) is 1. The van der Waals surface area contributed by atoms with E-state index < -0.39 is 82.2 Å². The van der Waals surface area contributed by atoms with Gasteiger partial charge in [0, 0.05) is 34.5 Å². The fraction of sp³-hybridized carbons (Fsp3) is 0.543. The van der Waals surface area contributed by atoms with E-state index in [-0.39, 0.29) is 37.0 Å². The lowest BCUT2D eigenvalue weighted by atomic mass is 9.44. The van der Waals surface area contributed by atoms with E-state index >= 15 is 8.78 Å². The Bertz CT molecular complexity index is 1690. The van der Waals surface area contributed by atoms with Gasteiger partial charge in [0.05, 0.1) is 13.2 Å². The van der Waals surface area contributed by atoms with Crippen molar-refractivity contribution < 1.29 is 51.7 Å². The Morgan fingerprint density at radius 1 is 1.15 bits per heavy atom. The van der Waals surface area contributed by atoms with E-state index in [0.29, 0.717) is 16.7 Å². The van der Waals surface area contributed by atoms with Crippen LogP contribution in [0.25, 0.3) is 11.0 Å². The van der Waals surface area contributed by atoms with Crippen molar-refractivity contribution in [2.24, 2.45) is 28.6 Å². The molecule has 1 aromatic heterocycles. The maximum atomic E-state index is 17.6. The largest absolute Gasteiger partial charge is 0.493 e. The van der Waals surface area contributed by atoms with Gasteiger partial charge in [-0.2, -0.15) is 0 Å². The number of esters is 2. The summed E-state index contributed by atoms with van der Waals surface area (Å²) in [7, 11) is 1.47. The van der Waals surface area contributed by atoms with E-state index in [1.165, 1.54) is 32.3 Å². The zero-order chi connectivity index (χ0) is 33.4. The van der Waals surface area contributed by atoms with Crippen LogP contribution in [0.5, 0.6) is 5.75 Å². The van der Waals surface area contributed by atoms with Gasteiger partial charge in [0.15, 0.2) is 35.2 Å². The topological polar surface area (TPSA) is 129 Å². The number of rotatable bonds is 7. The Morgan fingerprint density at radius 2 is 1.89 bits per heavy atom. The molecule has 1 heterocycles. The number of halogens is 2. The minimum Gasteiger partial charge on any atom is -0.493 e. The number of furan rings is 1. The van der Waals surface area contributed by atoms with Gasteiger partial charge >= 0.3 is 11.9 Å². The molecule has 2 aromatic rings. The Hall–Kier alpha value is -3.86. The second-order valence-electron chi connectivity index (χ2n) is 13.5. The number of allylic oxidation sites excluding steroid dienone is 4. The Labute approximate surface area is 264 Å². The summed E-state index contributed by atoms with van der Waals surface area (Å²) in [5.41, 5.74) is -7.06. The van der Waals surface area contributed by atoms with E-state index in [1.807, 2.05) is 0 Å². The Balaban J connectivity index is 1.35. The highest BCUT2D eigenvalue weighted by molar-refractivity contribution is 6.02. The predicted octanol–water partition coefficient (Wildman–Crippen LogP) is 5.42. The third kappa shape index (κ3) is 4.19. The predicted molar refractivity (Wildman–Crippen MR) is 160 cm³/mol. The van der Waals surface area contributed by atoms with Crippen molar-refractivity contribution in [1.29, 1.82) is 0 Å². The lowest BCUT2D eigenvalue weighted by molar-refractivity contribution is -0.238. The van der Waals surface area contributed by atoms with Crippen LogP contribution < -0.4 is 4.74 Å². The first-order valence-corrected chi connectivity index (χ1v) is 15.6. The molecule has 0 amide bonds. The van der Waals surface area contributed by atoms with Gasteiger partial charge in [-0.1, -0.05) is 39.0 Å². The van der Waals surface area contributed by atoms with E-state index in [9.17, 15) is 24.3 Å². The molecular formula is C35H38F2O9. The second kappa shape index (κ2) is 10.9. The average molecular weight is 641 g/mol. The van der Waals surface area contributed by atoms with Gasteiger partial charge in [-0.15, -0.1) is 0 Å². The van der Waals surface area contributed by atoms with E-state index in [4.69, 9.17) is 18.6 Å². The van der Waals surface area contributed by atoms with Crippen LogP contribution in [0, 0.1) is 28.6 Å². The number of hydrogen-bond acceptors (Lipinski definition) is 9. The number of benzene rings is 1. The normalized spacial score (nSPS) is 38.0. The van der Waals surface area contributed by atoms with Gasteiger partial charge in [0.2, 0.25) is 11.4 Å². The first-order valence-electron chi connectivity index (χ1n) is 15.6. The highest BCUT2D eigenvalue weighted by Gasteiger charge is 2.78. The van der Waals surface area contributed by atoms with Crippen LogP contribution in [0.3, 0.4) is 0 Å². The molecule has 1 aromatic carbocycles. The summed E-state index contributed by atoms with van der Waals surface area (Å²) in [5, 5.41) is 12.3. The number of alkyl halides is 2. The van der Waals surface area contributed by atoms with E-state index in [0.717, 1.165) is 6.08 Å². The summed E-state index contributed by atoms with van der Waals surface area (Å²) in [4.78, 5) is 52.5. The molecule has 0 radical (unpaired) electrons. The number of methoxy groups -OCH3 is 1. The number of Topliss-reactive ketones (excluding diaryl/α,β-unsaturated/α-hetero) is 1. The molecular weight excluding hydrogens is 602 g/mol. The standard InChI is InChI=1S/C35H38F2O9/c1-6-29(41)46-35(31(42)44-17-25(39)27-13-19-8-7-9-26(43-5)30(19)45-27)18(2)12-21-22-15-24(36)23-14-20(38)10-11-32(23,3)34(22,37)28(40)16-33(21,35)4/h7-11,13-14,18,21-22,24,28,40H,6,12,15-17H2,1-5H3/t18-,21+,22+,24+,28+,32+,33+,34+,35+/m1/s1. The van der Waals surface area contributed by atoms with Crippen molar-refractivity contribution in [3.63, 3.8) is 0 Å². The maximum Gasteiger partial charge on any atom is 0.351 e. The maximum absolute atomic E-state index is 17.6. The van der Waals surface area contributed by atoms with Gasteiger partial charge in [-0.05, 0) is 62.0 Å². The molecule has 3 saturated carbocycles. The molecule has 3 fully saturated rings. The molecule has 0 saturated heterocycles. The molecule has 6 rings (SSSR count). The quantitative estimate of drug-likeness (QED) is 0.311. The molecule has 0 spiro atoms. The molecule has 246 valence electrons. The van der Waals surface area contributed by atoms with Crippen molar-refractivity contribution in [3.8, 4) is 5.75 Å². The van der Waals surface area contributed by atoms with Crippen molar-refractivity contribution in [2.75, 3.05) is 13.7 Å². The SMILES string of the molecule is CCC(=O)O[C@]1(C(=O)OCC(=O)c2cc3cccc(OC)c3o2)[C@H](C)C[C@H]2[C@@H]3C[C@H](F)C4=CC(=O)C=C[C@]4(C)[C@@]3(F)[C@@H](O)C[C@@]21C. The summed E-state index contributed by atoms with van der Waals surface area (Å²) in [6.45, 7) is 5.62. The average Bonchev–Trinajstić information content (AvgIpc) is 3.56. The number of fused-ring (bicyclic) bond motifs is 6. The van der Waals surface area contributed by atoms with Crippen LogP contribution in [0.4, 0.5) is 8.78 Å². The first kappa shape index (κ1) is 32.1. The zero-order valence-corrected chi connectivity index (χ0v) is 26.4. The van der Waals surface area contributed by atoms with Crippen molar-refractivity contribution in [2.45, 2.75) is 76.9 Å². The smallest absolute Gasteiger partial charge is 0.351 e. The minimum atomic E-state index is -2.38. The highest BCUT2D eigenvalue weighted by atomic mass is 19.1. The third-order valence-electron chi connectivity index (χ3n) is 11.4. The number of ketones is 2. The van der Waals surface area contributed by atoms with Crippen LogP contribution in [0.15, 0.2) is 52.5 Å². The third-order valence-corrected chi connectivity index (χ3v) is 11.4. The Kier molecular flexibility index (Phi) is 7.57. The second-order valence-corrected chi connectivity index (χ2v) is 13.5. The van der Waals surface area contributed by atoms with Crippen LogP contribution >= 0.6 is 0 Å². The monoisotopic (exact) mass is 640 g/mol. The summed E-state index contributed by atoms with van der Waals surface area (Å²) in [6.07, 6.45) is -0.320. The fourth-order valence-electron chi connectivity index (χ4n) is 9.11. The van der Waals surface area contributed by atoms with E-state index in [1.54, 1.807) is 39.0 Å². The number of para-hydroxylation sites is 1. The molecule has 46 heavy (non-hydrogen) atoms. The first-order chi connectivity index (χ1) is 21.7. The van der Waals surface area contributed by atoms with Gasteiger partial charge in [-0.25, -0.2) is 13.6 Å². The lowest BCUT2D eigenvalue weighted by Crippen LogP contribution is -2.71. The Morgan fingerprint density at radius 3 is 2.59 bits per heavy atom. The summed E-state index contributed by atoms with van der Waals surface area (Å²) >= 11 is 0. The van der Waals surface area contributed by atoms with Crippen LogP contribution in [0.1, 0.15) is 63.9 Å². The highest BCUT2D eigenvalue weighted by Crippen LogP contribution is 2.71. The fourth-order valence-corrected chi connectivity index (χ4v) is 9.11. The molecule has 4 aliphatic carbocycles. The van der Waals surface area contributed by atoms with Gasteiger partial charge in [0.25, 0.3) is 0 Å². The van der Waals surface area contributed by atoms with Crippen LogP contribution in [-0.4, -0.2) is 65.9 Å². The molecule has 9 nitrogen and oxygen atoms in total. The number of ether oxygens (including phenoxy) is 3. The van der Waals surface area contributed by atoms with Crippen molar-refractivity contribution >= 4 is 34.5 Å². The van der Waals surface area contributed by atoms with Crippen LogP contribution in [0.2, 0.25) is 0 Å². The van der Waals surface area contributed by atoms with Gasteiger partial charge in [0.1, 0.15) is 6.17 Å². The number of aliphatic hydroxyl groups is 1. The number of carbonyl (C=O) groups is 4. The summed E-state index contributed by atoms with van der Waals surface area (Å²) in [5.74, 6) is -5.04. The molecule has 0 bridgehead atoms. The van der Waals surface area contributed by atoms with Gasteiger partial charge in [-0.3, -0.25) is 14.4 Å².